The molecule has 0 aliphatic rings. The fourth-order valence-electron chi connectivity index (χ4n) is 1.78. The highest BCUT2D eigenvalue weighted by atomic mass is 35.5. The lowest BCUT2D eigenvalue weighted by Gasteiger charge is -2.10. The molecule has 0 aliphatic heterocycles. The minimum Gasteiger partial charge on any atom is -0.467 e. The molecule has 1 atom stereocenters. The lowest BCUT2D eigenvalue weighted by molar-refractivity contribution is 0.461. The van der Waals surface area contributed by atoms with Gasteiger partial charge in [-0.05, 0) is 42.7 Å². The van der Waals surface area contributed by atoms with Gasteiger partial charge in [-0.3, -0.25) is 0 Å². The zero-order valence-corrected chi connectivity index (χ0v) is 10.2. The fraction of sp³-hybridized carbons (Fsp3) is 0.231. The summed E-state index contributed by atoms with van der Waals surface area (Å²) in [5.41, 5.74) is 7.82. The molecule has 2 aromatic rings. The molecular weight excluding hydrogens is 241 g/mol. The average Bonchev–Trinajstić information content (AvgIpc) is 2.70. The van der Waals surface area contributed by atoms with Gasteiger partial charge in [0.1, 0.15) is 11.6 Å². The summed E-state index contributed by atoms with van der Waals surface area (Å²) >= 11 is 5.62. The third-order valence-electron chi connectivity index (χ3n) is 2.68. The molecule has 2 N–H and O–H groups in total. The molecule has 0 saturated heterocycles. The third kappa shape index (κ3) is 2.68. The van der Waals surface area contributed by atoms with E-state index >= 15 is 0 Å². The van der Waals surface area contributed by atoms with E-state index in [4.69, 9.17) is 21.8 Å². The summed E-state index contributed by atoms with van der Waals surface area (Å²) < 4.78 is 18.6. The van der Waals surface area contributed by atoms with E-state index in [0.717, 1.165) is 16.9 Å². The average molecular weight is 254 g/mol. The lowest BCUT2D eigenvalue weighted by Crippen LogP contribution is -2.13. The molecule has 1 aromatic carbocycles. The first kappa shape index (κ1) is 12.1. The fourth-order valence-corrected chi connectivity index (χ4v) is 1.90. The van der Waals surface area contributed by atoms with Gasteiger partial charge in [0.25, 0.3) is 0 Å². The topological polar surface area (TPSA) is 39.2 Å². The normalized spacial score (nSPS) is 12.7. The van der Waals surface area contributed by atoms with Crippen LogP contribution in [0.1, 0.15) is 22.9 Å². The van der Waals surface area contributed by atoms with Gasteiger partial charge < -0.3 is 10.2 Å². The summed E-state index contributed by atoms with van der Waals surface area (Å²) in [6, 6.07) is 6.29. The van der Waals surface area contributed by atoms with Crippen molar-refractivity contribution in [1.82, 2.24) is 0 Å². The second kappa shape index (κ2) is 4.90. The molecular formula is C13H13ClFNO. The maximum atomic E-state index is 13.3. The van der Waals surface area contributed by atoms with Crippen molar-refractivity contribution in [2.45, 2.75) is 19.4 Å². The smallest absolute Gasteiger partial charge is 0.142 e. The van der Waals surface area contributed by atoms with Gasteiger partial charge in [0.05, 0.1) is 17.3 Å². The molecule has 0 fully saturated rings. The van der Waals surface area contributed by atoms with Crippen LogP contribution in [0.3, 0.4) is 0 Å². The van der Waals surface area contributed by atoms with Gasteiger partial charge >= 0.3 is 0 Å². The van der Waals surface area contributed by atoms with Crippen LogP contribution in [0.4, 0.5) is 4.39 Å². The van der Waals surface area contributed by atoms with E-state index < -0.39 is 5.82 Å². The van der Waals surface area contributed by atoms with E-state index in [1.807, 2.05) is 13.0 Å². The number of halogens is 2. The largest absolute Gasteiger partial charge is 0.467 e. The molecule has 0 saturated carbocycles. The van der Waals surface area contributed by atoms with Crippen molar-refractivity contribution >= 4 is 11.6 Å². The van der Waals surface area contributed by atoms with Crippen molar-refractivity contribution in [3.63, 3.8) is 0 Å². The molecule has 1 aromatic heterocycles. The Kier molecular flexibility index (Phi) is 3.50. The second-order valence-electron chi connectivity index (χ2n) is 4.03. The number of furan rings is 1. The molecule has 0 amide bonds. The molecule has 17 heavy (non-hydrogen) atoms. The second-order valence-corrected chi connectivity index (χ2v) is 4.43. The maximum absolute atomic E-state index is 13.3. The first-order valence-electron chi connectivity index (χ1n) is 5.31. The zero-order chi connectivity index (χ0) is 12.4. The van der Waals surface area contributed by atoms with Crippen molar-refractivity contribution in [3.8, 4) is 0 Å². The van der Waals surface area contributed by atoms with E-state index in [0.29, 0.717) is 6.42 Å². The van der Waals surface area contributed by atoms with Crippen molar-refractivity contribution in [2.24, 2.45) is 5.73 Å². The van der Waals surface area contributed by atoms with Crippen molar-refractivity contribution in [1.29, 1.82) is 0 Å². The molecule has 1 heterocycles. The molecule has 90 valence electrons. The van der Waals surface area contributed by atoms with Crippen LogP contribution in [0.2, 0.25) is 5.02 Å². The van der Waals surface area contributed by atoms with E-state index in [-0.39, 0.29) is 11.1 Å². The highest BCUT2D eigenvalue weighted by Crippen LogP contribution is 2.22. The molecule has 2 rings (SSSR count). The molecule has 0 bridgehead atoms. The van der Waals surface area contributed by atoms with Crippen molar-refractivity contribution in [2.75, 3.05) is 0 Å². The number of hydrogen-bond acceptors (Lipinski definition) is 2. The van der Waals surface area contributed by atoms with Crippen LogP contribution in [-0.4, -0.2) is 0 Å². The molecule has 0 spiro atoms. The highest BCUT2D eigenvalue weighted by molar-refractivity contribution is 6.30. The predicted octanol–water partition coefficient (Wildman–Crippen LogP) is 3.62. The van der Waals surface area contributed by atoms with Crippen molar-refractivity contribution in [3.05, 3.63) is 58.3 Å². The van der Waals surface area contributed by atoms with Crippen LogP contribution in [0.15, 0.2) is 34.9 Å². The van der Waals surface area contributed by atoms with Gasteiger partial charge in [0, 0.05) is 0 Å². The summed E-state index contributed by atoms with van der Waals surface area (Å²) in [5.74, 6) is 0.313. The van der Waals surface area contributed by atoms with Gasteiger partial charge in [-0.2, -0.15) is 0 Å². The van der Waals surface area contributed by atoms with Crippen LogP contribution in [0, 0.1) is 12.7 Å². The Bertz CT molecular complexity index is 524. The molecule has 1 unspecified atom stereocenters. The minimum atomic E-state index is -0.424. The molecule has 2 nitrogen and oxygen atoms in total. The van der Waals surface area contributed by atoms with Gasteiger partial charge in [0.15, 0.2) is 0 Å². The highest BCUT2D eigenvalue weighted by Gasteiger charge is 2.13. The van der Waals surface area contributed by atoms with Crippen LogP contribution in [-0.2, 0) is 6.42 Å². The quantitative estimate of drug-likeness (QED) is 0.907. The number of nitrogens with two attached hydrogens (primary N) is 1. The van der Waals surface area contributed by atoms with Crippen LogP contribution in [0.5, 0.6) is 0 Å². The Balaban J connectivity index is 2.16. The third-order valence-corrected chi connectivity index (χ3v) is 2.98. The Morgan fingerprint density at radius 3 is 2.76 bits per heavy atom. The molecule has 4 heteroatoms. The number of aryl methyl sites for hydroxylation is 1. The Labute approximate surface area is 104 Å². The van der Waals surface area contributed by atoms with E-state index in [1.54, 1.807) is 12.3 Å². The van der Waals surface area contributed by atoms with Gasteiger partial charge in [-0.15, -0.1) is 0 Å². The predicted molar refractivity (Wildman–Crippen MR) is 65.5 cm³/mol. The summed E-state index contributed by atoms with van der Waals surface area (Å²) in [7, 11) is 0. The Hall–Kier alpha value is -1.32. The molecule has 0 aliphatic carbocycles. The van der Waals surface area contributed by atoms with Crippen molar-refractivity contribution < 1.29 is 8.81 Å². The maximum Gasteiger partial charge on any atom is 0.142 e. The summed E-state index contributed by atoms with van der Waals surface area (Å²) in [5, 5.41) is 0.122. The van der Waals surface area contributed by atoms with E-state index in [9.17, 15) is 4.39 Å². The number of rotatable bonds is 3. The van der Waals surface area contributed by atoms with Gasteiger partial charge in [-0.1, -0.05) is 17.7 Å². The summed E-state index contributed by atoms with van der Waals surface area (Å²) in [6.07, 6.45) is 2.12. The van der Waals surface area contributed by atoms with Crippen LogP contribution < -0.4 is 5.73 Å². The first-order valence-corrected chi connectivity index (χ1v) is 5.69. The zero-order valence-electron chi connectivity index (χ0n) is 9.41. The number of hydrogen-bond donors (Lipinski definition) is 1. The Morgan fingerprint density at radius 1 is 1.41 bits per heavy atom. The first-order chi connectivity index (χ1) is 8.08. The number of benzene rings is 1. The van der Waals surface area contributed by atoms with E-state index in [2.05, 4.69) is 0 Å². The standard InChI is InChI=1S/C13H13ClFNO/c1-8-4-5-17-13(8)12(16)7-9-2-3-10(14)11(15)6-9/h2-6,12H,7,16H2,1H3. The minimum absolute atomic E-state index is 0.122. The van der Waals surface area contributed by atoms with E-state index in [1.165, 1.54) is 12.1 Å². The molecule has 0 radical (unpaired) electrons. The van der Waals surface area contributed by atoms with Crippen LogP contribution in [0.25, 0.3) is 0 Å². The SMILES string of the molecule is Cc1ccoc1C(N)Cc1ccc(Cl)c(F)c1. The summed E-state index contributed by atoms with van der Waals surface area (Å²) in [4.78, 5) is 0. The van der Waals surface area contributed by atoms with Crippen LogP contribution >= 0.6 is 11.6 Å². The lowest BCUT2D eigenvalue weighted by atomic mass is 10.0. The van der Waals surface area contributed by atoms with Gasteiger partial charge in [-0.25, -0.2) is 4.39 Å². The monoisotopic (exact) mass is 253 g/mol. The Morgan fingerprint density at radius 2 is 2.18 bits per heavy atom. The van der Waals surface area contributed by atoms with Gasteiger partial charge in [0.2, 0.25) is 0 Å². The summed E-state index contributed by atoms with van der Waals surface area (Å²) in [6.45, 7) is 1.93.